The van der Waals surface area contributed by atoms with Gasteiger partial charge >= 0.3 is 0 Å². The second-order valence-corrected chi connectivity index (χ2v) is 6.52. The van der Waals surface area contributed by atoms with Crippen LogP contribution in [0.4, 0.5) is 0 Å². The van der Waals surface area contributed by atoms with Gasteiger partial charge in [-0.15, -0.1) is 0 Å². The van der Waals surface area contributed by atoms with Gasteiger partial charge in [0.25, 0.3) is 5.91 Å². The molecule has 0 saturated carbocycles. The number of nitrogens with zero attached hydrogens (tertiary/aromatic N) is 2. The normalized spacial score (nSPS) is 13.3. The van der Waals surface area contributed by atoms with Crippen LogP contribution >= 0.6 is 11.6 Å². The van der Waals surface area contributed by atoms with E-state index in [9.17, 15) is 4.79 Å². The highest BCUT2D eigenvalue weighted by molar-refractivity contribution is 6.32. The van der Waals surface area contributed by atoms with Gasteiger partial charge in [0.2, 0.25) is 0 Å². The molecule has 2 heterocycles. The molecule has 7 nitrogen and oxygen atoms in total. The molecule has 0 radical (unpaired) electrons. The summed E-state index contributed by atoms with van der Waals surface area (Å²) in [7, 11) is 0. The second kappa shape index (κ2) is 8.14. The standard InChI is InChI=1S/C20H17ClN4O3/c21-15-9-13(10-18-19(15)28-8-4-7-27-18)12-22-25-20(26)17-11-16(23-24-17)14-5-2-1-3-6-14/h1-3,5-6,9-12H,4,7-8H2,(H,23,24)(H,25,26)/b22-12-. The van der Waals surface area contributed by atoms with Gasteiger partial charge in [-0.1, -0.05) is 41.9 Å². The van der Waals surface area contributed by atoms with E-state index >= 15 is 0 Å². The second-order valence-electron chi connectivity index (χ2n) is 6.11. The van der Waals surface area contributed by atoms with Gasteiger partial charge in [-0.25, -0.2) is 5.43 Å². The Balaban J connectivity index is 1.44. The predicted octanol–water partition coefficient (Wildman–Crippen LogP) is 3.66. The third kappa shape index (κ3) is 3.99. The molecule has 28 heavy (non-hydrogen) atoms. The van der Waals surface area contributed by atoms with Crippen molar-refractivity contribution >= 4 is 23.7 Å². The molecule has 0 bridgehead atoms. The first kappa shape index (κ1) is 18.1. The van der Waals surface area contributed by atoms with Gasteiger partial charge < -0.3 is 9.47 Å². The Hall–Kier alpha value is -3.32. The van der Waals surface area contributed by atoms with Gasteiger partial charge in [-0.2, -0.15) is 10.2 Å². The number of H-pyrrole nitrogens is 1. The minimum atomic E-state index is -0.397. The molecule has 4 rings (SSSR count). The average molecular weight is 397 g/mol. The predicted molar refractivity (Wildman–Crippen MR) is 106 cm³/mol. The summed E-state index contributed by atoms with van der Waals surface area (Å²) in [6.07, 6.45) is 2.28. The molecule has 1 aromatic heterocycles. The highest BCUT2D eigenvalue weighted by Crippen LogP contribution is 2.37. The smallest absolute Gasteiger partial charge is 0.289 e. The van der Waals surface area contributed by atoms with Crippen LogP contribution in [0, 0.1) is 0 Å². The Bertz CT molecular complexity index is 1020. The number of carbonyl (C=O) groups excluding carboxylic acids is 1. The number of hydrogen-bond donors (Lipinski definition) is 2. The van der Waals surface area contributed by atoms with Gasteiger partial charge in [-0.3, -0.25) is 9.89 Å². The maximum Gasteiger partial charge on any atom is 0.289 e. The van der Waals surface area contributed by atoms with Gasteiger partial charge in [0.15, 0.2) is 11.5 Å². The van der Waals surface area contributed by atoms with Gasteiger partial charge in [0.05, 0.1) is 30.1 Å². The molecule has 142 valence electrons. The van der Waals surface area contributed by atoms with Crippen molar-refractivity contribution in [3.8, 4) is 22.8 Å². The first-order valence-corrected chi connectivity index (χ1v) is 9.12. The van der Waals surface area contributed by atoms with E-state index < -0.39 is 5.91 Å². The number of hydrogen-bond acceptors (Lipinski definition) is 5. The molecular weight excluding hydrogens is 380 g/mol. The first-order chi connectivity index (χ1) is 13.7. The van der Waals surface area contributed by atoms with Crippen LogP contribution in [0.25, 0.3) is 11.3 Å². The van der Waals surface area contributed by atoms with E-state index in [1.807, 2.05) is 30.3 Å². The lowest BCUT2D eigenvalue weighted by molar-refractivity contribution is 0.0950. The van der Waals surface area contributed by atoms with Crippen LogP contribution in [0.5, 0.6) is 11.5 Å². The number of fused-ring (bicyclic) bond motifs is 1. The number of aromatic amines is 1. The van der Waals surface area contributed by atoms with E-state index in [1.54, 1.807) is 18.2 Å². The third-order valence-corrected chi connectivity index (χ3v) is 4.38. The lowest BCUT2D eigenvalue weighted by Gasteiger charge is -2.09. The molecule has 0 atom stereocenters. The summed E-state index contributed by atoms with van der Waals surface area (Å²) < 4.78 is 11.2. The number of amides is 1. The molecular formula is C20H17ClN4O3. The van der Waals surface area contributed by atoms with E-state index in [4.69, 9.17) is 21.1 Å². The van der Waals surface area contributed by atoms with E-state index in [0.717, 1.165) is 12.0 Å². The highest BCUT2D eigenvalue weighted by Gasteiger charge is 2.15. The molecule has 1 aliphatic heterocycles. The van der Waals surface area contributed by atoms with Crippen molar-refractivity contribution < 1.29 is 14.3 Å². The number of ether oxygens (including phenoxy) is 2. The number of aromatic nitrogens is 2. The van der Waals surface area contributed by atoms with Crippen molar-refractivity contribution in [1.29, 1.82) is 0 Å². The van der Waals surface area contributed by atoms with Crippen LogP contribution in [-0.4, -0.2) is 35.5 Å². The average Bonchev–Trinajstić information content (AvgIpc) is 3.08. The zero-order valence-electron chi connectivity index (χ0n) is 14.8. The molecule has 0 fully saturated rings. The monoisotopic (exact) mass is 396 g/mol. The van der Waals surface area contributed by atoms with E-state index in [-0.39, 0.29) is 0 Å². The summed E-state index contributed by atoms with van der Waals surface area (Å²) in [5, 5.41) is 11.3. The molecule has 0 saturated heterocycles. The molecule has 2 N–H and O–H groups in total. The van der Waals surface area contributed by atoms with Crippen molar-refractivity contribution in [3.05, 3.63) is 64.8 Å². The first-order valence-electron chi connectivity index (χ1n) is 8.74. The Morgan fingerprint density at radius 1 is 1.18 bits per heavy atom. The molecule has 3 aromatic rings. The topological polar surface area (TPSA) is 88.6 Å². The SMILES string of the molecule is O=C(N/N=C\c1cc(Cl)c2c(c1)OCCCO2)c1cc(-c2ccccc2)n[nH]1. The Labute approximate surface area is 166 Å². The molecule has 0 unspecified atom stereocenters. The molecule has 1 aliphatic rings. The van der Waals surface area contributed by atoms with Crippen molar-refractivity contribution in [2.75, 3.05) is 13.2 Å². The number of halogens is 1. The highest BCUT2D eigenvalue weighted by atomic mass is 35.5. The van der Waals surface area contributed by atoms with E-state index in [1.165, 1.54) is 6.21 Å². The Morgan fingerprint density at radius 3 is 2.86 bits per heavy atom. The minimum absolute atomic E-state index is 0.313. The lowest BCUT2D eigenvalue weighted by atomic mass is 10.1. The lowest BCUT2D eigenvalue weighted by Crippen LogP contribution is -2.18. The Kier molecular flexibility index (Phi) is 5.25. The minimum Gasteiger partial charge on any atom is -0.489 e. The van der Waals surface area contributed by atoms with Crippen LogP contribution in [0.15, 0.2) is 53.6 Å². The fraction of sp³-hybridized carbons (Fsp3) is 0.150. The number of nitrogens with one attached hydrogen (secondary N) is 2. The van der Waals surface area contributed by atoms with E-state index in [0.29, 0.717) is 46.7 Å². The number of benzene rings is 2. The fourth-order valence-electron chi connectivity index (χ4n) is 2.75. The number of hydrazone groups is 1. The Morgan fingerprint density at radius 2 is 2.00 bits per heavy atom. The fourth-order valence-corrected chi connectivity index (χ4v) is 3.02. The molecule has 2 aromatic carbocycles. The largest absolute Gasteiger partial charge is 0.489 e. The van der Waals surface area contributed by atoms with Crippen molar-refractivity contribution in [3.63, 3.8) is 0 Å². The summed E-state index contributed by atoms with van der Waals surface area (Å²) >= 11 is 6.25. The van der Waals surface area contributed by atoms with Crippen LogP contribution < -0.4 is 14.9 Å². The summed E-state index contributed by atoms with van der Waals surface area (Å²) in [6.45, 7) is 1.12. The third-order valence-electron chi connectivity index (χ3n) is 4.10. The van der Waals surface area contributed by atoms with Crippen molar-refractivity contribution in [2.24, 2.45) is 5.10 Å². The summed E-state index contributed by atoms with van der Waals surface area (Å²) in [4.78, 5) is 12.3. The maximum absolute atomic E-state index is 12.3. The molecule has 0 spiro atoms. The molecule has 8 heteroatoms. The van der Waals surface area contributed by atoms with Crippen LogP contribution in [0.2, 0.25) is 5.02 Å². The van der Waals surface area contributed by atoms with Gasteiger partial charge in [0, 0.05) is 12.0 Å². The summed E-state index contributed by atoms with van der Waals surface area (Å²) in [5.41, 5.74) is 5.07. The quantitative estimate of drug-likeness (QED) is 0.520. The molecule has 0 aliphatic carbocycles. The summed E-state index contributed by atoms with van der Waals surface area (Å²) in [6, 6.07) is 14.7. The zero-order valence-corrected chi connectivity index (χ0v) is 15.6. The molecule has 1 amide bonds. The van der Waals surface area contributed by atoms with Crippen LogP contribution in [-0.2, 0) is 0 Å². The van der Waals surface area contributed by atoms with Gasteiger partial charge in [0.1, 0.15) is 5.69 Å². The van der Waals surface area contributed by atoms with Crippen LogP contribution in [0.1, 0.15) is 22.5 Å². The summed E-state index contributed by atoms with van der Waals surface area (Å²) in [5.74, 6) is 0.705. The maximum atomic E-state index is 12.3. The van der Waals surface area contributed by atoms with Crippen molar-refractivity contribution in [1.82, 2.24) is 15.6 Å². The van der Waals surface area contributed by atoms with E-state index in [2.05, 4.69) is 20.7 Å². The number of rotatable bonds is 4. The zero-order chi connectivity index (χ0) is 19.3. The number of carbonyl (C=O) groups is 1. The van der Waals surface area contributed by atoms with Crippen LogP contribution in [0.3, 0.4) is 0 Å². The van der Waals surface area contributed by atoms with Crippen molar-refractivity contribution in [2.45, 2.75) is 6.42 Å². The van der Waals surface area contributed by atoms with Gasteiger partial charge in [-0.05, 0) is 23.8 Å².